The van der Waals surface area contributed by atoms with Crippen molar-refractivity contribution >= 4 is 27.5 Å². The maximum absolute atomic E-state index is 14.3. The minimum Gasteiger partial charge on any atom is -0.497 e. The third kappa shape index (κ3) is 8.84. The van der Waals surface area contributed by atoms with Gasteiger partial charge in [-0.3, -0.25) is 13.9 Å². The first-order valence-corrected chi connectivity index (χ1v) is 16.7. The van der Waals surface area contributed by atoms with Gasteiger partial charge in [-0.2, -0.15) is 0 Å². The standard InChI is InChI=1S/C34H45N3O8S/c1-8-24(4)35-34(39)30(9-2)36(22-25-11-15-27(42-5)16-12-25)33(38)23-37(26-13-17-28(18-14-26)45-10-3)46(40,41)29-19-20-31(43-6)32(21-29)44-7/h11-21,24,30H,8-10,22-23H2,1-7H3,(H,35,39). The molecule has 3 rings (SSSR count). The van der Waals surface area contributed by atoms with Crippen molar-refractivity contribution in [2.45, 2.75) is 64.1 Å². The van der Waals surface area contributed by atoms with E-state index in [0.717, 1.165) is 9.87 Å². The molecule has 2 amide bonds. The predicted octanol–water partition coefficient (Wildman–Crippen LogP) is 5.03. The average molecular weight is 656 g/mol. The highest BCUT2D eigenvalue weighted by Gasteiger charge is 2.34. The lowest BCUT2D eigenvalue weighted by Crippen LogP contribution is -2.53. The van der Waals surface area contributed by atoms with Gasteiger partial charge in [-0.05, 0) is 80.8 Å². The molecular weight excluding hydrogens is 610 g/mol. The SMILES string of the molecule is CCOc1ccc(N(CC(=O)N(Cc2ccc(OC)cc2)C(CC)C(=O)NC(C)CC)S(=O)(=O)c2ccc(OC)c(OC)c2)cc1. The van der Waals surface area contributed by atoms with Crippen LogP contribution in [-0.4, -0.2) is 71.7 Å². The number of benzene rings is 3. The zero-order chi connectivity index (χ0) is 33.9. The summed E-state index contributed by atoms with van der Waals surface area (Å²) in [6.07, 6.45) is 1.03. The van der Waals surface area contributed by atoms with Gasteiger partial charge in [0.2, 0.25) is 11.8 Å². The molecule has 0 bridgehead atoms. The Bertz CT molecular complexity index is 1550. The Kier molecular flexibility index (Phi) is 13.1. The van der Waals surface area contributed by atoms with Gasteiger partial charge in [-0.25, -0.2) is 8.42 Å². The fraction of sp³-hybridized carbons (Fsp3) is 0.412. The Morgan fingerprint density at radius 2 is 1.43 bits per heavy atom. The Labute approximate surface area is 272 Å². The molecule has 0 heterocycles. The molecule has 3 aromatic carbocycles. The van der Waals surface area contributed by atoms with Gasteiger partial charge in [-0.1, -0.05) is 26.0 Å². The second-order valence-corrected chi connectivity index (χ2v) is 12.4. The van der Waals surface area contributed by atoms with E-state index in [0.29, 0.717) is 36.7 Å². The molecule has 1 N–H and O–H groups in total. The minimum atomic E-state index is -4.33. The predicted molar refractivity (Wildman–Crippen MR) is 177 cm³/mol. The van der Waals surface area contributed by atoms with E-state index < -0.39 is 28.5 Å². The number of ether oxygens (including phenoxy) is 4. The van der Waals surface area contributed by atoms with Crippen molar-refractivity contribution in [1.82, 2.24) is 10.2 Å². The number of methoxy groups -OCH3 is 3. The van der Waals surface area contributed by atoms with Crippen LogP contribution in [-0.2, 0) is 26.2 Å². The van der Waals surface area contributed by atoms with Crippen LogP contribution in [0.15, 0.2) is 71.6 Å². The van der Waals surface area contributed by atoms with Crippen LogP contribution < -0.4 is 28.6 Å². The van der Waals surface area contributed by atoms with Crippen LogP contribution in [0.25, 0.3) is 0 Å². The van der Waals surface area contributed by atoms with Crippen molar-refractivity contribution in [3.8, 4) is 23.0 Å². The van der Waals surface area contributed by atoms with Crippen LogP contribution in [0.4, 0.5) is 5.69 Å². The number of nitrogens with one attached hydrogen (secondary N) is 1. The third-order valence-electron chi connectivity index (χ3n) is 7.56. The van der Waals surface area contributed by atoms with Crippen LogP contribution in [0, 0.1) is 0 Å². The summed E-state index contributed by atoms with van der Waals surface area (Å²) in [7, 11) is 0.0959. The monoisotopic (exact) mass is 655 g/mol. The van der Waals surface area contributed by atoms with Gasteiger partial charge in [0.15, 0.2) is 11.5 Å². The van der Waals surface area contributed by atoms with Gasteiger partial charge >= 0.3 is 0 Å². The molecule has 0 aliphatic rings. The number of amides is 2. The van der Waals surface area contributed by atoms with Gasteiger partial charge in [-0.15, -0.1) is 0 Å². The van der Waals surface area contributed by atoms with Crippen LogP contribution >= 0.6 is 0 Å². The molecule has 0 radical (unpaired) electrons. The largest absolute Gasteiger partial charge is 0.497 e. The highest BCUT2D eigenvalue weighted by molar-refractivity contribution is 7.92. The number of hydrogen-bond donors (Lipinski definition) is 1. The second kappa shape index (κ2) is 16.7. The van der Waals surface area contributed by atoms with Gasteiger partial charge in [0, 0.05) is 18.7 Å². The summed E-state index contributed by atoms with van der Waals surface area (Å²) in [6, 6.07) is 16.9. The molecule has 0 aliphatic carbocycles. The summed E-state index contributed by atoms with van der Waals surface area (Å²) in [5, 5.41) is 2.98. The zero-order valence-electron chi connectivity index (χ0n) is 27.6. The number of anilines is 1. The van der Waals surface area contributed by atoms with Crippen LogP contribution in [0.5, 0.6) is 23.0 Å². The molecule has 12 heteroatoms. The van der Waals surface area contributed by atoms with Crippen LogP contribution in [0.1, 0.15) is 46.1 Å². The summed E-state index contributed by atoms with van der Waals surface area (Å²) in [4.78, 5) is 29.2. The van der Waals surface area contributed by atoms with Crippen molar-refractivity contribution in [3.63, 3.8) is 0 Å². The summed E-state index contributed by atoms with van der Waals surface area (Å²) >= 11 is 0. The summed E-state index contributed by atoms with van der Waals surface area (Å²) in [5.41, 5.74) is 0.993. The molecule has 11 nitrogen and oxygen atoms in total. The molecule has 2 atom stereocenters. The van der Waals surface area contributed by atoms with E-state index >= 15 is 0 Å². The molecule has 0 aliphatic heterocycles. The number of hydrogen-bond acceptors (Lipinski definition) is 8. The molecule has 0 spiro atoms. The highest BCUT2D eigenvalue weighted by Crippen LogP contribution is 2.33. The van der Waals surface area contributed by atoms with E-state index in [1.165, 1.54) is 37.3 Å². The lowest BCUT2D eigenvalue weighted by atomic mass is 10.1. The lowest BCUT2D eigenvalue weighted by Gasteiger charge is -2.33. The van der Waals surface area contributed by atoms with Crippen molar-refractivity contribution < 1.29 is 37.0 Å². The molecule has 250 valence electrons. The van der Waals surface area contributed by atoms with Gasteiger partial charge < -0.3 is 29.2 Å². The smallest absolute Gasteiger partial charge is 0.264 e. The first-order chi connectivity index (χ1) is 22.0. The normalized spacial score (nSPS) is 12.4. The maximum Gasteiger partial charge on any atom is 0.264 e. The van der Waals surface area contributed by atoms with E-state index in [1.807, 2.05) is 39.8 Å². The Morgan fingerprint density at radius 3 is 1.98 bits per heavy atom. The summed E-state index contributed by atoms with van der Waals surface area (Å²) < 4.78 is 51.1. The zero-order valence-corrected chi connectivity index (χ0v) is 28.4. The molecule has 0 saturated heterocycles. The Hall–Kier alpha value is -4.45. The number of sulfonamides is 1. The Balaban J connectivity index is 2.11. The van der Waals surface area contributed by atoms with Gasteiger partial charge in [0.1, 0.15) is 24.1 Å². The number of carbonyl (C=O) groups is 2. The minimum absolute atomic E-state index is 0.0722. The molecule has 0 aromatic heterocycles. The van der Waals surface area contributed by atoms with Gasteiger partial charge in [0.05, 0.1) is 38.5 Å². The summed E-state index contributed by atoms with van der Waals surface area (Å²) in [5.74, 6) is 0.902. The lowest BCUT2D eigenvalue weighted by molar-refractivity contribution is -0.140. The molecule has 3 aromatic rings. The van der Waals surface area contributed by atoms with Crippen molar-refractivity contribution in [3.05, 3.63) is 72.3 Å². The van der Waals surface area contributed by atoms with E-state index in [9.17, 15) is 18.0 Å². The fourth-order valence-corrected chi connectivity index (χ4v) is 6.23. The van der Waals surface area contributed by atoms with Crippen LogP contribution in [0.3, 0.4) is 0 Å². The Morgan fingerprint density at radius 1 is 0.804 bits per heavy atom. The van der Waals surface area contributed by atoms with E-state index in [4.69, 9.17) is 18.9 Å². The van der Waals surface area contributed by atoms with E-state index in [-0.39, 0.29) is 34.8 Å². The molecule has 0 fully saturated rings. The first kappa shape index (κ1) is 36.0. The molecule has 0 saturated carbocycles. The number of carbonyl (C=O) groups excluding carboxylic acids is 2. The maximum atomic E-state index is 14.3. The average Bonchev–Trinajstić information content (AvgIpc) is 3.07. The number of rotatable bonds is 17. The van der Waals surface area contributed by atoms with Crippen molar-refractivity contribution in [2.75, 3.05) is 38.8 Å². The van der Waals surface area contributed by atoms with Crippen molar-refractivity contribution in [1.29, 1.82) is 0 Å². The van der Waals surface area contributed by atoms with Gasteiger partial charge in [0.25, 0.3) is 10.0 Å². The third-order valence-corrected chi connectivity index (χ3v) is 9.33. The topological polar surface area (TPSA) is 124 Å². The van der Waals surface area contributed by atoms with Crippen LogP contribution in [0.2, 0.25) is 0 Å². The number of nitrogens with zero attached hydrogens (tertiary/aromatic N) is 2. The van der Waals surface area contributed by atoms with E-state index in [1.54, 1.807) is 43.5 Å². The van der Waals surface area contributed by atoms with E-state index in [2.05, 4.69) is 5.32 Å². The molecule has 46 heavy (non-hydrogen) atoms. The fourth-order valence-electron chi connectivity index (χ4n) is 4.80. The second-order valence-electron chi connectivity index (χ2n) is 10.6. The quantitative estimate of drug-likeness (QED) is 0.215. The van der Waals surface area contributed by atoms with Crippen molar-refractivity contribution in [2.24, 2.45) is 0 Å². The highest BCUT2D eigenvalue weighted by atomic mass is 32.2. The molecule has 2 unspecified atom stereocenters. The molecular formula is C34H45N3O8S. The first-order valence-electron chi connectivity index (χ1n) is 15.2. The summed E-state index contributed by atoms with van der Waals surface area (Å²) in [6.45, 7) is 7.45.